The lowest BCUT2D eigenvalue weighted by Crippen LogP contribution is -2.48. The number of rotatable bonds is 7. The van der Waals surface area contributed by atoms with E-state index in [0.29, 0.717) is 18.3 Å². The third-order valence-corrected chi connectivity index (χ3v) is 4.61. The highest BCUT2D eigenvalue weighted by atomic mass is 16.5. The number of nitrogens with one attached hydrogen (secondary N) is 1. The Bertz CT molecular complexity index is 704. The minimum atomic E-state index is -0.587. The number of ether oxygens (including phenoxy) is 1. The molecule has 26 heavy (non-hydrogen) atoms. The van der Waals surface area contributed by atoms with Gasteiger partial charge in [-0.05, 0) is 24.9 Å². The molecule has 1 amide bonds. The van der Waals surface area contributed by atoms with Crippen LogP contribution in [0.15, 0.2) is 34.9 Å². The van der Waals surface area contributed by atoms with Crippen LogP contribution >= 0.6 is 0 Å². The van der Waals surface area contributed by atoms with Crippen molar-refractivity contribution in [3.05, 3.63) is 47.6 Å². The Morgan fingerprint density at radius 1 is 1.42 bits per heavy atom. The number of aryl methyl sites for hydroxylation is 1. The topological polar surface area (TPSA) is 80.5 Å². The van der Waals surface area contributed by atoms with Crippen LogP contribution in [-0.4, -0.2) is 47.2 Å². The predicted molar refractivity (Wildman–Crippen MR) is 96.3 cm³/mol. The van der Waals surface area contributed by atoms with Crippen LogP contribution in [0, 0.1) is 0 Å². The molecule has 7 nitrogen and oxygen atoms in total. The minimum absolute atomic E-state index is 0.0927. The summed E-state index contributed by atoms with van der Waals surface area (Å²) in [7, 11) is 1.56. The monoisotopic (exact) mass is 358 g/mol. The quantitative estimate of drug-likeness (QED) is 0.816. The van der Waals surface area contributed by atoms with Gasteiger partial charge in [0.1, 0.15) is 0 Å². The zero-order valence-electron chi connectivity index (χ0n) is 15.4. The molecule has 1 saturated heterocycles. The molecule has 1 N–H and O–H groups in total. The third-order valence-electron chi connectivity index (χ3n) is 4.61. The molecule has 1 aromatic carbocycles. The van der Waals surface area contributed by atoms with Crippen LogP contribution in [0.25, 0.3) is 0 Å². The van der Waals surface area contributed by atoms with Crippen molar-refractivity contribution in [1.29, 1.82) is 0 Å². The van der Waals surface area contributed by atoms with Crippen molar-refractivity contribution in [2.24, 2.45) is 0 Å². The van der Waals surface area contributed by atoms with Crippen LogP contribution in [0.1, 0.15) is 43.1 Å². The Hall–Kier alpha value is -2.25. The predicted octanol–water partition coefficient (Wildman–Crippen LogP) is 2.10. The van der Waals surface area contributed by atoms with Crippen molar-refractivity contribution < 1.29 is 14.1 Å². The molecule has 0 radical (unpaired) electrons. The van der Waals surface area contributed by atoms with Gasteiger partial charge in [0, 0.05) is 26.1 Å². The molecule has 2 atom stereocenters. The van der Waals surface area contributed by atoms with E-state index in [0.717, 1.165) is 37.9 Å². The summed E-state index contributed by atoms with van der Waals surface area (Å²) in [6.07, 6.45) is 2.13. The zero-order valence-corrected chi connectivity index (χ0v) is 15.4. The summed E-state index contributed by atoms with van der Waals surface area (Å²) in [6, 6.07) is 9.65. The maximum Gasteiger partial charge on any atom is 0.254 e. The number of piperidine rings is 1. The van der Waals surface area contributed by atoms with E-state index in [2.05, 4.69) is 20.4 Å². The van der Waals surface area contributed by atoms with Crippen LogP contribution in [0.5, 0.6) is 0 Å². The third kappa shape index (κ3) is 4.68. The molecule has 1 aliphatic heterocycles. The molecule has 1 unspecified atom stereocenters. The first-order chi connectivity index (χ1) is 12.7. The van der Waals surface area contributed by atoms with Crippen molar-refractivity contribution in [3.63, 3.8) is 0 Å². The Morgan fingerprint density at radius 2 is 2.23 bits per heavy atom. The van der Waals surface area contributed by atoms with E-state index in [4.69, 9.17) is 9.26 Å². The number of nitrogens with zero attached hydrogens (tertiary/aromatic N) is 3. The van der Waals surface area contributed by atoms with Crippen molar-refractivity contribution >= 4 is 5.91 Å². The summed E-state index contributed by atoms with van der Waals surface area (Å²) in [5.74, 6) is 1.26. The maximum absolute atomic E-state index is 12.7. The lowest BCUT2D eigenvalue weighted by molar-refractivity contribution is -0.132. The average molecular weight is 358 g/mol. The van der Waals surface area contributed by atoms with Gasteiger partial charge in [-0.15, -0.1) is 0 Å². The fraction of sp³-hybridized carbons (Fsp3) is 0.526. The number of methoxy groups -OCH3 is 1. The maximum atomic E-state index is 12.7. The van der Waals surface area contributed by atoms with Gasteiger partial charge in [-0.25, -0.2) is 0 Å². The Kier molecular flexibility index (Phi) is 6.35. The van der Waals surface area contributed by atoms with E-state index in [-0.39, 0.29) is 11.9 Å². The molecule has 0 bridgehead atoms. The highest BCUT2D eigenvalue weighted by Gasteiger charge is 2.26. The Balaban J connectivity index is 1.56. The van der Waals surface area contributed by atoms with Gasteiger partial charge in [0.05, 0.1) is 6.54 Å². The van der Waals surface area contributed by atoms with Gasteiger partial charge in [-0.3, -0.25) is 9.69 Å². The SMILES string of the molecule is CCc1nc(CN2CCCC(NC(=O)[C@H](OC)c3ccccc3)C2)no1. The van der Waals surface area contributed by atoms with Gasteiger partial charge < -0.3 is 14.6 Å². The fourth-order valence-corrected chi connectivity index (χ4v) is 3.31. The first-order valence-corrected chi connectivity index (χ1v) is 9.11. The van der Waals surface area contributed by atoms with Crippen molar-refractivity contribution in [1.82, 2.24) is 20.4 Å². The summed E-state index contributed by atoms with van der Waals surface area (Å²) >= 11 is 0. The molecular weight excluding hydrogens is 332 g/mol. The van der Waals surface area contributed by atoms with Gasteiger partial charge in [-0.2, -0.15) is 4.98 Å². The second kappa shape index (κ2) is 8.91. The largest absolute Gasteiger partial charge is 0.367 e. The molecule has 140 valence electrons. The van der Waals surface area contributed by atoms with Crippen LogP contribution in [0.3, 0.4) is 0 Å². The molecule has 1 aliphatic rings. The van der Waals surface area contributed by atoms with E-state index >= 15 is 0 Å². The molecular formula is C19H26N4O3. The van der Waals surface area contributed by atoms with Crippen LogP contribution < -0.4 is 5.32 Å². The molecule has 1 aromatic heterocycles. The van der Waals surface area contributed by atoms with Crippen molar-refractivity contribution in [2.75, 3.05) is 20.2 Å². The fourth-order valence-electron chi connectivity index (χ4n) is 3.31. The molecule has 2 heterocycles. The van der Waals surface area contributed by atoms with E-state index in [1.165, 1.54) is 0 Å². The smallest absolute Gasteiger partial charge is 0.254 e. The standard InChI is InChI=1S/C19H26N4O3/c1-3-17-21-16(22-26-17)13-23-11-7-10-15(12-23)20-19(24)18(25-2)14-8-5-4-6-9-14/h4-6,8-9,15,18H,3,7,10-13H2,1-2H3,(H,20,24)/t15?,18-/m1/s1. The van der Waals surface area contributed by atoms with Gasteiger partial charge >= 0.3 is 0 Å². The molecule has 7 heteroatoms. The highest BCUT2D eigenvalue weighted by Crippen LogP contribution is 2.18. The Labute approximate surface area is 153 Å². The summed E-state index contributed by atoms with van der Waals surface area (Å²) < 4.78 is 10.6. The van der Waals surface area contributed by atoms with Crippen LogP contribution in [0.4, 0.5) is 0 Å². The summed E-state index contributed by atoms with van der Waals surface area (Å²) in [4.78, 5) is 19.3. The number of carbonyl (C=O) groups excluding carboxylic acids is 1. The minimum Gasteiger partial charge on any atom is -0.367 e. The molecule has 3 rings (SSSR count). The molecule has 0 saturated carbocycles. The first kappa shape index (κ1) is 18.5. The number of aromatic nitrogens is 2. The van der Waals surface area contributed by atoms with Gasteiger partial charge in [-0.1, -0.05) is 42.4 Å². The van der Waals surface area contributed by atoms with Gasteiger partial charge in [0.2, 0.25) is 5.89 Å². The second-order valence-electron chi connectivity index (χ2n) is 6.57. The van der Waals surface area contributed by atoms with E-state index in [9.17, 15) is 4.79 Å². The first-order valence-electron chi connectivity index (χ1n) is 9.11. The molecule has 0 spiro atoms. The van der Waals surface area contributed by atoms with E-state index in [1.807, 2.05) is 37.3 Å². The molecule has 0 aliphatic carbocycles. The van der Waals surface area contributed by atoms with Gasteiger partial charge in [0.25, 0.3) is 5.91 Å². The van der Waals surface area contributed by atoms with Crippen LogP contribution in [-0.2, 0) is 22.5 Å². The van der Waals surface area contributed by atoms with Crippen LogP contribution in [0.2, 0.25) is 0 Å². The highest BCUT2D eigenvalue weighted by molar-refractivity contribution is 5.82. The number of hydrogen-bond donors (Lipinski definition) is 1. The van der Waals surface area contributed by atoms with Crippen molar-refractivity contribution in [3.8, 4) is 0 Å². The van der Waals surface area contributed by atoms with Crippen molar-refractivity contribution in [2.45, 2.75) is 44.9 Å². The lowest BCUT2D eigenvalue weighted by atomic mass is 10.0. The summed E-state index contributed by atoms with van der Waals surface area (Å²) in [5.41, 5.74) is 0.860. The number of amides is 1. The van der Waals surface area contributed by atoms with Gasteiger partial charge in [0.15, 0.2) is 11.9 Å². The number of benzene rings is 1. The number of hydrogen-bond acceptors (Lipinski definition) is 6. The van der Waals surface area contributed by atoms with E-state index < -0.39 is 6.10 Å². The molecule has 1 fully saturated rings. The normalized spacial score (nSPS) is 19.2. The average Bonchev–Trinajstić information content (AvgIpc) is 3.11. The second-order valence-corrected chi connectivity index (χ2v) is 6.57. The molecule has 2 aromatic rings. The summed E-state index contributed by atoms with van der Waals surface area (Å²) in [6.45, 7) is 4.37. The zero-order chi connectivity index (χ0) is 18.4. The number of likely N-dealkylation sites (tertiary alicyclic amines) is 1. The lowest BCUT2D eigenvalue weighted by Gasteiger charge is -2.33. The van der Waals surface area contributed by atoms with E-state index in [1.54, 1.807) is 7.11 Å². The summed E-state index contributed by atoms with van der Waals surface area (Å²) in [5, 5.41) is 7.14. The Morgan fingerprint density at radius 3 is 2.92 bits per heavy atom. The number of carbonyl (C=O) groups is 1.